The molecular formula is C19H15ClF3N5. The van der Waals surface area contributed by atoms with Crippen molar-refractivity contribution in [2.75, 3.05) is 0 Å². The fourth-order valence-corrected chi connectivity index (χ4v) is 4.02. The second kappa shape index (κ2) is 5.94. The van der Waals surface area contributed by atoms with E-state index in [2.05, 4.69) is 15.2 Å². The van der Waals surface area contributed by atoms with Crippen LogP contribution >= 0.6 is 11.6 Å². The molecule has 0 spiro atoms. The molecule has 0 bridgehead atoms. The molecule has 5 rings (SSSR count). The molecule has 5 nitrogen and oxygen atoms in total. The van der Waals surface area contributed by atoms with Gasteiger partial charge in [-0.15, -0.1) is 0 Å². The van der Waals surface area contributed by atoms with Gasteiger partial charge in [-0.2, -0.15) is 23.4 Å². The van der Waals surface area contributed by atoms with Gasteiger partial charge >= 0.3 is 6.18 Å². The van der Waals surface area contributed by atoms with Gasteiger partial charge in [-0.05, 0) is 42.9 Å². The monoisotopic (exact) mass is 405 g/mol. The van der Waals surface area contributed by atoms with Crippen molar-refractivity contribution in [3.63, 3.8) is 0 Å². The molecule has 0 saturated heterocycles. The SMILES string of the molecule is CC(n1ncc2ccc([C@H]3C[C@@H]3c3cc(Cl)nn4ccnc34)cc21)C(F)(F)F. The fourth-order valence-electron chi connectivity index (χ4n) is 3.82. The minimum Gasteiger partial charge on any atom is -0.253 e. The summed E-state index contributed by atoms with van der Waals surface area (Å²) >= 11 is 6.13. The number of rotatable bonds is 3. The Labute approximate surface area is 162 Å². The molecule has 1 saturated carbocycles. The third-order valence-electron chi connectivity index (χ3n) is 5.44. The normalized spacial score (nSPS) is 20.8. The maximum Gasteiger partial charge on any atom is 0.410 e. The summed E-state index contributed by atoms with van der Waals surface area (Å²) < 4.78 is 42.2. The van der Waals surface area contributed by atoms with E-state index in [1.54, 1.807) is 16.9 Å². The van der Waals surface area contributed by atoms with Crippen LogP contribution in [0.3, 0.4) is 0 Å². The molecule has 3 heterocycles. The molecule has 28 heavy (non-hydrogen) atoms. The van der Waals surface area contributed by atoms with Crippen LogP contribution in [-0.2, 0) is 0 Å². The van der Waals surface area contributed by atoms with Crippen molar-refractivity contribution in [1.29, 1.82) is 0 Å². The highest BCUT2D eigenvalue weighted by molar-refractivity contribution is 6.29. The zero-order valence-corrected chi connectivity index (χ0v) is 15.5. The van der Waals surface area contributed by atoms with E-state index >= 15 is 0 Å². The number of hydrogen-bond donors (Lipinski definition) is 0. The van der Waals surface area contributed by atoms with Crippen LogP contribution in [0.2, 0.25) is 5.15 Å². The first-order chi connectivity index (χ1) is 13.3. The lowest BCUT2D eigenvalue weighted by atomic mass is 10.0. The van der Waals surface area contributed by atoms with Crippen molar-refractivity contribution in [3.05, 3.63) is 59.1 Å². The number of imidazole rings is 1. The van der Waals surface area contributed by atoms with Crippen LogP contribution in [0.1, 0.15) is 42.3 Å². The van der Waals surface area contributed by atoms with Crippen LogP contribution in [0.4, 0.5) is 13.2 Å². The van der Waals surface area contributed by atoms with Crippen molar-refractivity contribution < 1.29 is 13.2 Å². The highest BCUT2D eigenvalue weighted by Crippen LogP contribution is 2.56. The molecule has 0 N–H and O–H groups in total. The van der Waals surface area contributed by atoms with Crippen LogP contribution < -0.4 is 0 Å². The van der Waals surface area contributed by atoms with Crippen molar-refractivity contribution in [2.24, 2.45) is 0 Å². The zero-order chi connectivity index (χ0) is 19.6. The quantitative estimate of drug-likeness (QED) is 0.475. The molecule has 1 unspecified atom stereocenters. The average molecular weight is 406 g/mol. The Bertz CT molecular complexity index is 1200. The number of aromatic nitrogens is 5. The summed E-state index contributed by atoms with van der Waals surface area (Å²) in [5.41, 5.74) is 3.25. The van der Waals surface area contributed by atoms with Gasteiger partial charge < -0.3 is 0 Å². The summed E-state index contributed by atoms with van der Waals surface area (Å²) in [6.07, 6.45) is 1.42. The van der Waals surface area contributed by atoms with Gasteiger partial charge in [-0.25, -0.2) is 9.50 Å². The molecule has 4 aromatic rings. The Hall–Kier alpha value is -2.61. The zero-order valence-electron chi connectivity index (χ0n) is 14.7. The molecule has 3 atom stereocenters. The van der Waals surface area contributed by atoms with E-state index in [0.29, 0.717) is 16.1 Å². The van der Waals surface area contributed by atoms with E-state index in [4.69, 9.17) is 11.6 Å². The molecule has 1 aromatic carbocycles. The second-order valence-electron chi connectivity index (χ2n) is 7.19. The highest BCUT2D eigenvalue weighted by atomic mass is 35.5. The topological polar surface area (TPSA) is 48.0 Å². The largest absolute Gasteiger partial charge is 0.410 e. The number of halogens is 4. The van der Waals surface area contributed by atoms with Crippen molar-refractivity contribution in [3.8, 4) is 0 Å². The van der Waals surface area contributed by atoms with Gasteiger partial charge in [0.05, 0.1) is 11.7 Å². The molecule has 0 radical (unpaired) electrons. The molecule has 3 aromatic heterocycles. The van der Waals surface area contributed by atoms with E-state index < -0.39 is 12.2 Å². The number of benzene rings is 1. The Kier molecular flexibility index (Phi) is 3.71. The molecular weight excluding hydrogens is 391 g/mol. The first-order valence-corrected chi connectivity index (χ1v) is 9.24. The maximum absolute atomic E-state index is 13.2. The molecule has 1 aliphatic carbocycles. The van der Waals surface area contributed by atoms with E-state index in [1.165, 1.54) is 6.20 Å². The lowest BCUT2D eigenvalue weighted by molar-refractivity contribution is -0.164. The number of alkyl halides is 3. The highest BCUT2D eigenvalue weighted by Gasteiger charge is 2.42. The van der Waals surface area contributed by atoms with Gasteiger partial charge in [-0.1, -0.05) is 23.7 Å². The standard InChI is InChI=1S/C19H15ClF3N5/c1-10(19(21,22)23)28-16-6-11(2-3-12(16)9-25-28)13-7-14(13)15-8-17(20)26-27-5-4-24-18(15)27/h2-6,8-10,13-14H,7H2,1H3/t10?,13-,14+/m1/s1. The second-order valence-corrected chi connectivity index (χ2v) is 7.58. The molecule has 144 valence electrons. The van der Waals surface area contributed by atoms with Gasteiger partial charge in [0.25, 0.3) is 0 Å². The lowest BCUT2D eigenvalue weighted by Gasteiger charge is -2.17. The van der Waals surface area contributed by atoms with Crippen molar-refractivity contribution in [1.82, 2.24) is 24.4 Å². The Morgan fingerprint density at radius 2 is 2.04 bits per heavy atom. The lowest BCUT2D eigenvalue weighted by Crippen LogP contribution is -2.24. The predicted molar refractivity (Wildman–Crippen MR) is 98.6 cm³/mol. The van der Waals surface area contributed by atoms with Crippen molar-refractivity contribution >= 4 is 28.2 Å². The number of fused-ring (bicyclic) bond motifs is 2. The predicted octanol–water partition coefficient (Wildman–Crippen LogP) is 5.13. The van der Waals surface area contributed by atoms with Gasteiger partial charge in [-0.3, -0.25) is 4.68 Å². The molecule has 1 aliphatic rings. The van der Waals surface area contributed by atoms with E-state index in [-0.39, 0.29) is 11.8 Å². The summed E-state index contributed by atoms with van der Waals surface area (Å²) in [4.78, 5) is 4.36. The van der Waals surface area contributed by atoms with Crippen LogP contribution in [-0.4, -0.2) is 30.6 Å². The minimum absolute atomic E-state index is 0.202. The summed E-state index contributed by atoms with van der Waals surface area (Å²) in [6, 6.07) is 5.75. The summed E-state index contributed by atoms with van der Waals surface area (Å²) in [5.74, 6) is 0.409. The molecule has 0 aliphatic heterocycles. The van der Waals surface area contributed by atoms with Gasteiger partial charge in [0, 0.05) is 23.3 Å². The third kappa shape index (κ3) is 2.74. The van der Waals surface area contributed by atoms with Crippen LogP contribution in [0, 0.1) is 0 Å². The van der Waals surface area contributed by atoms with Gasteiger partial charge in [0.1, 0.15) is 11.2 Å². The molecule has 9 heteroatoms. The first kappa shape index (κ1) is 17.5. The molecule has 1 fully saturated rings. The Morgan fingerprint density at radius 1 is 1.21 bits per heavy atom. The van der Waals surface area contributed by atoms with E-state index in [1.807, 2.05) is 24.3 Å². The van der Waals surface area contributed by atoms with E-state index in [0.717, 1.165) is 34.8 Å². The summed E-state index contributed by atoms with van der Waals surface area (Å²) in [7, 11) is 0. The van der Waals surface area contributed by atoms with E-state index in [9.17, 15) is 13.2 Å². The first-order valence-electron chi connectivity index (χ1n) is 8.86. The number of hydrogen-bond acceptors (Lipinski definition) is 3. The van der Waals surface area contributed by atoms with Crippen LogP contribution in [0.5, 0.6) is 0 Å². The average Bonchev–Trinajstić information content (AvgIpc) is 3.10. The summed E-state index contributed by atoms with van der Waals surface area (Å²) in [5, 5.41) is 9.24. The Balaban J connectivity index is 1.52. The van der Waals surface area contributed by atoms with Crippen molar-refractivity contribution in [2.45, 2.75) is 37.4 Å². The fraction of sp³-hybridized carbons (Fsp3) is 0.316. The van der Waals surface area contributed by atoms with Crippen LogP contribution in [0.15, 0.2) is 42.9 Å². The summed E-state index contributed by atoms with van der Waals surface area (Å²) in [6.45, 7) is 1.12. The smallest absolute Gasteiger partial charge is 0.253 e. The number of nitrogens with zero attached hydrogens (tertiary/aromatic N) is 5. The van der Waals surface area contributed by atoms with Gasteiger partial charge in [0.15, 0.2) is 5.65 Å². The third-order valence-corrected chi connectivity index (χ3v) is 5.62. The molecule has 0 amide bonds. The van der Waals surface area contributed by atoms with Gasteiger partial charge in [0.2, 0.25) is 0 Å². The van der Waals surface area contributed by atoms with Crippen LogP contribution in [0.25, 0.3) is 16.6 Å². The Morgan fingerprint density at radius 3 is 2.82 bits per heavy atom. The maximum atomic E-state index is 13.2. The minimum atomic E-state index is -4.35.